The highest BCUT2D eigenvalue weighted by atomic mass is 35.5. The van der Waals surface area contributed by atoms with Crippen molar-refractivity contribution in [2.45, 2.75) is 26.2 Å². The summed E-state index contributed by atoms with van der Waals surface area (Å²) < 4.78 is 16.0. The SMILES string of the molecule is Cc1ccc(-n2nc(C(=O)NCC3CNC3)c3c2CCC3)c(F)c1.Cl. The zero-order valence-electron chi connectivity index (χ0n) is 14.1. The van der Waals surface area contributed by atoms with Crippen molar-refractivity contribution in [2.75, 3.05) is 19.6 Å². The molecule has 0 radical (unpaired) electrons. The second-order valence-corrected chi connectivity index (χ2v) is 6.73. The fraction of sp³-hybridized carbons (Fsp3) is 0.444. The van der Waals surface area contributed by atoms with Gasteiger partial charge in [0.2, 0.25) is 0 Å². The van der Waals surface area contributed by atoms with Crippen molar-refractivity contribution in [3.63, 3.8) is 0 Å². The minimum absolute atomic E-state index is 0. The molecule has 2 N–H and O–H groups in total. The van der Waals surface area contributed by atoms with Gasteiger partial charge in [0.25, 0.3) is 5.91 Å². The van der Waals surface area contributed by atoms with E-state index in [2.05, 4.69) is 15.7 Å². The van der Waals surface area contributed by atoms with Crippen molar-refractivity contribution in [3.05, 3.63) is 46.5 Å². The van der Waals surface area contributed by atoms with Crippen LogP contribution >= 0.6 is 12.4 Å². The maximum Gasteiger partial charge on any atom is 0.272 e. The summed E-state index contributed by atoms with van der Waals surface area (Å²) in [4.78, 5) is 12.5. The van der Waals surface area contributed by atoms with E-state index in [0.717, 1.165) is 49.2 Å². The van der Waals surface area contributed by atoms with E-state index in [9.17, 15) is 9.18 Å². The van der Waals surface area contributed by atoms with Gasteiger partial charge in [0.1, 0.15) is 11.5 Å². The van der Waals surface area contributed by atoms with Crippen molar-refractivity contribution in [2.24, 2.45) is 5.92 Å². The van der Waals surface area contributed by atoms with E-state index in [4.69, 9.17) is 0 Å². The van der Waals surface area contributed by atoms with Gasteiger partial charge in [-0.3, -0.25) is 4.79 Å². The number of carbonyl (C=O) groups excluding carboxylic acids is 1. The summed E-state index contributed by atoms with van der Waals surface area (Å²) in [6, 6.07) is 5.10. The summed E-state index contributed by atoms with van der Waals surface area (Å²) in [5.74, 6) is 0.0460. The van der Waals surface area contributed by atoms with Gasteiger partial charge in [-0.1, -0.05) is 6.07 Å². The summed E-state index contributed by atoms with van der Waals surface area (Å²) in [6.07, 6.45) is 2.64. The third-order valence-electron chi connectivity index (χ3n) is 4.89. The molecule has 25 heavy (non-hydrogen) atoms. The summed E-state index contributed by atoms with van der Waals surface area (Å²) in [6.45, 7) is 4.41. The van der Waals surface area contributed by atoms with Crippen molar-refractivity contribution in [1.82, 2.24) is 20.4 Å². The smallest absolute Gasteiger partial charge is 0.272 e. The van der Waals surface area contributed by atoms with Crippen molar-refractivity contribution >= 4 is 18.3 Å². The number of hydrogen-bond donors (Lipinski definition) is 2. The van der Waals surface area contributed by atoms with E-state index in [-0.39, 0.29) is 24.1 Å². The van der Waals surface area contributed by atoms with Crippen LogP contribution in [0.1, 0.15) is 33.7 Å². The van der Waals surface area contributed by atoms with E-state index in [1.165, 1.54) is 6.07 Å². The van der Waals surface area contributed by atoms with Crippen LogP contribution in [0.3, 0.4) is 0 Å². The topological polar surface area (TPSA) is 59.0 Å². The van der Waals surface area contributed by atoms with Crippen LogP contribution in [0.5, 0.6) is 0 Å². The molecule has 7 heteroatoms. The Morgan fingerprint density at radius 1 is 1.40 bits per heavy atom. The van der Waals surface area contributed by atoms with E-state index in [0.29, 0.717) is 23.8 Å². The molecule has 134 valence electrons. The number of carbonyl (C=O) groups is 1. The van der Waals surface area contributed by atoms with Crippen LogP contribution in [0.4, 0.5) is 4.39 Å². The first-order valence-electron chi connectivity index (χ1n) is 8.49. The average molecular weight is 365 g/mol. The summed E-state index contributed by atoms with van der Waals surface area (Å²) >= 11 is 0. The van der Waals surface area contributed by atoms with Crippen LogP contribution < -0.4 is 10.6 Å². The van der Waals surface area contributed by atoms with E-state index in [1.54, 1.807) is 10.7 Å². The number of rotatable bonds is 4. The maximum atomic E-state index is 14.4. The second kappa shape index (κ2) is 7.14. The Balaban J connectivity index is 0.00000182. The van der Waals surface area contributed by atoms with Gasteiger partial charge in [-0.05, 0) is 43.9 Å². The monoisotopic (exact) mass is 364 g/mol. The fourth-order valence-corrected chi connectivity index (χ4v) is 3.42. The van der Waals surface area contributed by atoms with Gasteiger partial charge in [-0.15, -0.1) is 12.4 Å². The third kappa shape index (κ3) is 3.28. The first kappa shape index (κ1) is 17.9. The Kier molecular flexibility index (Phi) is 5.11. The van der Waals surface area contributed by atoms with Gasteiger partial charge in [-0.25, -0.2) is 9.07 Å². The average Bonchev–Trinajstić information content (AvgIpc) is 3.08. The van der Waals surface area contributed by atoms with Crippen molar-refractivity contribution < 1.29 is 9.18 Å². The lowest BCUT2D eigenvalue weighted by Crippen LogP contribution is -2.48. The van der Waals surface area contributed by atoms with Crippen LogP contribution in [0.25, 0.3) is 5.69 Å². The second-order valence-electron chi connectivity index (χ2n) is 6.73. The summed E-state index contributed by atoms with van der Waals surface area (Å²) in [5.41, 5.74) is 3.68. The molecule has 0 atom stereocenters. The molecule has 2 aliphatic rings. The standard InChI is InChI=1S/C18H21FN4O.ClH/c1-11-5-6-16(14(19)7-11)23-15-4-2-3-13(15)17(22-23)18(24)21-10-12-8-20-9-12;/h5-7,12,20H,2-4,8-10H2,1H3,(H,21,24);1H. The number of halogens is 2. The van der Waals surface area contributed by atoms with Crippen molar-refractivity contribution in [1.29, 1.82) is 0 Å². The van der Waals surface area contributed by atoms with Crippen LogP contribution in [0.2, 0.25) is 0 Å². The first-order chi connectivity index (χ1) is 11.6. The Morgan fingerprint density at radius 3 is 2.88 bits per heavy atom. The van der Waals surface area contributed by atoms with Crippen LogP contribution in [0.15, 0.2) is 18.2 Å². The molecule has 1 aliphatic heterocycles. The Labute approximate surface area is 152 Å². The fourth-order valence-electron chi connectivity index (χ4n) is 3.42. The Hall–Kier alpha value is -1.92. The largest absolute Gasteiger partial charge is 0.350 e. The highest BCUT2D eigenvalue weighted by molar-refractivity contribution is 5.94. The Bertz CT molecular complexity index is 801. The summed E-state index contributed by atoms with van der Waals surface area (Å²) in [5, 5.41) is 10.6. The molecule has 1 aromatic carbocycles. The maximum absolute atomic E-state index is 14.4. The molecule has 0 unspecified atom stereocenters. The minimum atomic E-state index is -0.306. The molecule has 0 bridgehead atoms. The number of nitrogens with one attached hydrogen (secondary N) is 2. The Morgan fingerprint density at radius 2 is 2.20 bits per heavy atom. The molecule has 1 amide bonds. The highest BCUT2D eigenvalue weighted by Gasteiger charge is 2.28. The van der Waals surface area contributed by atoms with E-state index in [1.807, 2.05) is 13.0 Å². The third-order valence-corrected chi connectivity index (χ3v) is 4.89. The van der Waals surface area contributed by atoms with E-state index >= 15 is 0 Å². The summed E-state index contributed by atoms with van der Waals surface area (Å²) in [7, 11) is 0. The number of fused-ring (bicyclic) bond motifs is 1. The molecule has 1 saturated heterocycles. The molecule has 1 fully saturated rings. The molecule has 2 aromatic rings. The molecule has 5 nitrogen and oxygen atoms in total. The minimum Gasteiger partial charge on any atom is -0.350 e. The highest BCUT2D eigenvalue weighted by Crippen LogP contribution is 2.29. The van der Waals surface area contributed by atoms with Gasteiger partial charge in [0, 0.05) is 36.8 Å². The molecule has 1 aromatic heterocycles. The van der Waals surface area contributed by atoms with Crippen molar-refractivity contribution in [3.8, 4) is 5.69 Å². The molecular weight excluding hydrogens is 343 g/mol. The number of hydrogen-bond acceptors (Lipinski definition) is 3. The number of amides is 1. The van der Waals surface area contributed by atoms with Gasteiger partial charge in [0.05, 0.1) is 0 Å². The number of benzene rings is 1. The number of aromatic nitrogens is 2. The lowest BCUT2D eigenvalue weighted by Gasteiger charge is -2.26. The lowest BCUT2D eigenvalue weighted by atomic mass is 10.0. The van der Waals surface area contributed by atoms with Gasteiger partial charge < -0.3 is 10.6 Å². The molecule has 2 heterocycles. The zero-order chi connectivity index (χ0) is 16.7. The van der Waals surface area contributed by atoms with Crippen LogP contribution in [-0.4, -0.2) is 35.3 Å². The lowest BCUT2D eigenvalue weighted by molar-refractivity contribution is 0.0936. The zero-order valence-corrected chi connectivity index (χ0v) is 15.0. The molecule has 0 saturated carbocycles. The van der Waals surface area contributed by atoms with Gasteiger partial charge in [0.15, 0.2) is 5.69 Å². The van der Waals surface area contributed by atoms with Gasteiger partial charge >= 0.3 is 0 Å². The van der Waals surface area contributed by atoms with Crippen LogP contribution in [-0.2, 0) is 12.8 Å². The quantitative estimate of drug-likeness (QED) is 0.874. The molecule has 0 spiro atoms. The van der Waals surface area contributed by atoms with Crippen LogP contribution in [0, 0.1) is 18.7 Å². The molecule has 4 rings (SSSR count). The predicted octanol–water partition coefficient (Wildman–Crippen LogP) is 2.18. The number of nitrogens with zero attached hydrogens (tertiary/aromatic N) is 2. The van der Waals surface area contributed by atoms with E-state index < -0.39 is 0 Å². The normalized spacial score (nSPS) is 16.1. The number of aryl methyl sites for hydroxylation is 1. The first-order valence-corrected chi connectivity index (χ1v) is 8.49. The molecular formula is C18H22ClFN4O. The molecule has 1 aliphatic carbocycles. The van der Waals surface area contributed by atoms with Gasteiger partial charge in [-0.2, -0.15) is 5.10 Å². The predicted molar refractivity (Wildman–Crippen MR) is 96.2 cm³/mol.